The van der Waals surface area contributed by atoms with Gasteiger partial charge in [0.15, 0.2) is 0 Å². The van der Waals surface area contributed by atoms with Crippen LogP contribution in [0.15, 0.2) is 0 Å². The van der Waals surface area contributed by atoms with Crippen molar-refractivity contribution >= 4 is 0 Å². The van der Waals surface area contributed by atoms with E-state index in [4.69, 9.17) is 4.74 Å². The highest BCUT2D eigenvalue weighted by atomic mass is 16.5. The van der Waals surface area contributed by atoms with Crippen molar-refractivity contribution in [2.24, 2.45) is 0 Å². The zero-order valence-corrected chi connectivity index (χ0v) is 13.6. The number of rotatable bonds is 0. The molecule has 2 aliphatic rings. The molecule has 0 amide bonds. The summed E-state index contributed by atoms with van der Waals surface area (Å²) in [6.45, 7) is 15.2. The summed E-state index contributed by atoms with van der Waals surface area (Å²) in [4.78, 5) is 0. The lowest BCUT2D eigenvalue weighted by Crippen LogP contribution is -2.41. The Hall–Kier alpha value is -0.0800. The Kier molecular flexibility index (Phi) is 8.89. The Balaban J connectivity index is 0.000000308. The molecule has 2 fully saturated rings. The molecule has 2 rings (SSSR count). The Bertz CT molecular complexity index is 170. The molecule has 2 heteroatoms. The van der Waals surface area contributed by atoms with Gasteiger partial charge in [0.25, 0.3) is 0 Å². The summed E-state index contributed by atoms with van der Waals surface area (Å²) in [7, 11) is 0. The second-order valence-corrected chi connectivity index (χ2v) is 6.29. The normalized spacial score (nSPS) is 25.0. The van der Waals surface area contributed by atoms with Crippen molar-refractivity contribution in [3.05, 3.63) is 0 Å². The van der Waals surface area contributed by atoms with Crippen molar-refractivity contribution in [1.82, 2.24) is 5.32 Å². The number of ether oxygens (including phenoxy) is 1. The molecule has 0 unspecified atom stereocenters. The summed E-state index contributed by atoms with van der Waals surface area (Å²) < 4.78 is 5.86. The van der Waals surface area contributed by atoms with Crippen LogP contribution in [0.25, 0.3) is 0 Å². The molecule has 0 bridgehead atoms. The summed E-state index contributed by atoms with van der Waals surface area (Å²) in [5, 5.41) is 3.28. The predicted octanol–water partition coefficient (Wildman–Crippen LogP) is 4.53. The molecule has 2 aliphatic heterocycles. The minimum Gasteiger partial charge on any atom is -0.370 e. The number of hydrogen-bond acceptors (Lipinski definition) is 2. The van der Waals surface area contributed by atoms with Crippen LogP contribution >= 0.6 is 0 Å². The van der Waals surface area contributed by atoms with Crippen molar-refractivity contribution in [2.45, 2.75) is 91.3 Å². The zero-order chi connectivity index (χ0) is 14.1. The molecule has 2 nitrogen and oxygen atoms in total. The van der Waals surface area contributed by atoms with Crippen LogP contribution in [0.4, 0.5) is 0 Å². The molecule has 0 aromatic rings. The van der Waals surface area contributed by atoms with E-state index in [2.05, 4.69) is 33.0 Å². The first-order valence-electron chi connectivity index (χ1n) is 7.82. The second-order valence-electron chi connectivity index (χ2n) is 6.29. The average molecular weight is 257 g/mol. The SMILES string of the molecule is C1CCNCC1.CC.CC1(C)CCCC(C)(C)O1. The van der Waals surface area contributed by atoms with Crippen LogP contribution in [0.1, 0.15) is 80.1 Å². The van der Waals surface area contributed by atoms with E-state index in [1.54, 1.807) is 0 Å². The van der Waals surface area contributed by atoms with E-state index in [0.29, 0.717) is 0 Å². The fourth-order valence-corrected chi connectivity index (χ4v) is 2.59. The minimum absolute atomic E-state index is 0.113. The van der Waals surface area contributed by atoms with Gasteiger partial charge in [-0.2, -0.15) is 0 Å². The topological polar surface area (TPSA) is 21.3 Å². The van der Waals surface area contributed by atoms with Gasteiger partial charge in [0.1, 0.15) is 0 Å². The van der Waals surface area contributed by atoms with Crippen molar-refractivity contribution in [1.29, 1.82) is 0 Å². The molecule has 0 aromatic carbocycles. The van der Waals surface area contributed by atoms with E-state index in [-0.39, 0.29) is 11.2 Å². The van der Waals surface area contributed by atoms with Gasteiger partial charge < -0.3 is 10.1 Å². The van der Waals surface area contributed by atoms with E-state index >= 15 is 0 Å². The van der Waals surface area contributed by atoms with E-state index in [9.17, 15) is 0 Å². The summed E-state index contributed by atoms with van der Waals surface area (Å²) in [6.07, 6.45) is 7.93. The summed E-state index contributed by atoms with van der Waals surface area (Å²) in [5.41, 5.74) is 0.226. The minimum atomic E-state index is 0.113. The molecule has 0 radical (unpaired) electrons. The van der Waals surface area contributed by atoms with Gasteiger partial charge >= 0.3 is 0 Å². The van der Waals surface area contributed by atoms with Gasteiger partial charge in [-0.1, -0.05) is 20.3 Å². The van der Waals surface area contributed by atoms with Crippen molar-refractivity contribution in [2.75, 3.05) is 13.1 Å². The van der Waals surface area contributed by atoms with Crippen molar-refractivity contribution < 1.29 is 4.74 Å². The fraction of sp³-hybridized carbons (Fsp3) is 1.00. The van der Waals surface area contributed by atoms with Gasteiger partial charge in [-0.3, -0.25) is 0 Å². The van der Waals surface area contributed by atoms with Gasteiger partial charge in [0.2, 0.25) is 0 Å². The van der Waals surface area contributed by atoms with Gasteiger partial charge in [0, 0.05) is 0 Å². The maximum absolute atomic E-state index is 5.86. The van der Waals surface area contributed by atoms with E-state index in [0.717, 1.165) is 0 Å². The molecule has 0 saturated carbocycles. The Morgan fingerprint density at radius 1 is 0.722 bits per heavy atom. The van der Waals surface area contributed by atoms with Crippen LogP contribution in [-0.2, 0) is 4.74 Å². The maximum Gasteiger partial charge on any atom is 0.0633 e. The van der Waals surface area contributed by atoms with Gasteiger partial charge in [-0.15, -0.1) is 0 Å². The smallest absolute Gasteiger partial charge is 0.0633 e. The van der Waals surface area contributed by atoms with Crippen molar-refractivity contribution in [3.63, 3.8) is 0 Å². The molecule has 1 N–H and O–H groups in total. The standard InChI is InChI=1S/C9H18O.C5H11N.C2H6/c1-8(2)6-5-7-9(3,4)10-8;1-2-4-6-5-3-1;1-2/h5-7H2,1-4H3;6H,1-5H2;1-2H3. The third-order valence-electron chi connectivity index (χ3n) is 3.32. The molecule has 0 spiro atoms. The molecular weight excluding hydrogens is 222 g/mol. The Labute approximate surface area is 115 Å². The maximum atomic E-state index is 5.86. The predicted molar refractivity (Wildman–Crippen MR) is 81.2 cm³/mol. The quantitative estimate of drug-likeness (QED) is 0.688. The first kappa shape index (κ1) is 17.9. The van der Waals surface area contributed by atoms with Gasteiger partial charge in [-0.25, -0.2) is 0 Å². The van der Waals surface area contributed by atoms with Crippen LogP contribution < -0.4 is 5.32 Å². The first-order valence-corrected chi connectivity index (χ1v) is 7.82. The highest BCUT2D eigenvalue weighted by Gasteiger charge is 2.33. The molecule has 0 aromatic heterocycles. The van der Waals surface area contributed by atoms with Crippen LogP contribution in [0.5, 0.6) is 0 Å². The summed E-state index contributed by atoms with van der Waals surface area (Å²) in [6, 6.07) is 0. The Morgan fingerprint density at radius 2 is 1.17 bits per heavy atom. The third-order valence-corrected chi connectivity index (χ3v) is 3.32. The monoisotopic (exact) mass is 257 g/mol. The molecular formula is C16H35NO. The van der Waals surface area contributed by atoms with Crippen LogP contribution in [0.3, 0.4) is 0 Å². The molecule has 2 heterocycles. The lowest BCUT2D eigenvalue weighted by atomic mass is 9.89. The fourth-order valence-electron chi connectivity index (χ4n) is 2.59. The molecule has 18 heavy (non-hydrogen) atoms. The second kappa shape index (κ2) is 8.92. The molecule has 110 valence electrons. The number of piperidine rings is 1. The zero-order valence-electron chi connectivity index (χ0n) is 13.6. The van der Waals surface area contributed by atoms with Gasteiger partial charge in [0.05, 0.1) is 11.2 Å². The summed E-state index contributed by atoms with van der Waals surface area (Å²) in [5.74, 6) is 0. The van der Waals surface area contributed by atoms with E-state index in [1.807, 2.05) is 13.8 Å². The first-order chi connectivity index (χ1) is 8.41. The Morgan fingerprint density at radius 3 is 1.33 bits per heavy atom. The molecule has 0 atom stereocenters. The third kappa shape index (κ3) is 8.93. The van der Waals surface area contributed by atoms with E-state index < -0.39 is 0 Å². The van der Waals surface area contributed by atoms with E-state index in [1.165, 1.54) is 51.6 Å². The number of nitrogens with one attached hydrogen (secondary N) is 1. The highest BCUT2D eigenvalue weighted by molar-refractivity contribution is 4.82. The van der Waals surface area contributed by atoms with Crippen LogP contribution in [-0.4, -0.2) is 24.3 Å². The average Bonchev–Trinajstić information content (AvgIpc) is 2.31. The number of hydrogen-bond donors (Lipinski definition) is 1. The molecule has 2 saturated heterocycles. The lowest BCUT2D eigenvalue weighted by Gasteiger charge is -2.41. The van der Waals surface area contributed by atoms with Crippen LogP contribution in [0.2, 0.25) is 0 Å². The molecule has 0 aliphatic carbocycles. The van der Waals surface area contributed by atoms with Gasteiger partial charge in [-0.05, 0) is 72.9 Å². The largest absolute Gasteiger partial charge is 0.370 e. The summed E-state index contributed by atoms with van der Waals surface area (Å²) >= 11 is 0. The van der Waals surface area contributed by atoms with Crippen LogP contribution in [0, 0.1) is 0 Å². The highest BCUT2D eigenvalue weighted by Crippen LogP contribution is 2.34. The van der Waals surface area contributed by atoms with Crippen molar-refractivity contribution in [3.8, 4) is 0 Å². The lowest BCUT2D eigenvalue weighted by molar-refractivity contribution is -0.155.